The molecule has 1 aromatic rings. The van der Waals surface area contributed by atoms with Crippen molar-refractivity contribution in [3.05, 3.63) is 35.9 Å². The minimum atomic E-state index is -0.892. The summed E-state index contributed by atoms with van der Waals surface area (Å²) in [6.07, 6.45) is -1.24. The minimum absolute atomic E-state index is 0.373. The van der Waals surface area contributed by atoms with E-state index in [-0.39, 0.29) is 6.61 Å². The molecule has 2 amide bonds. The number of ketones is 1. The van der Waals surface area contributed by atoms with Crippen LogP contribution in [0.5, 0.6) is 0 Å². The third-order valence-corrected chi connectivity index (χ3v) is 3.38. The fraction of sp³-hybridized carbons (Fsp3) is 0.444. The molecular weight excluding hydrogens is 340 g/mol. The Hall–Kier alpha value is -2.74. The van der Waals surface area contributed by atoms with E-state index in [9.17, 15) is 19.2 Å². The molecule has 1 fully saturated rings. The van der Waals surface area contributed by atoms with Gasteiger partial charge in [-0.3, -0.25) is 19.2 Å². The smallest absolute Gasteiger partial charge is 0.313 e. The van der Waals surface area contributed by atoms with Gasteiger partial charge in [-0.2, -0.15) is 0 Å². The van der Waals surface area contributed by atoms with Crippen LogP contribution in [-0.2, 0) is 23.9 Å². The van der Waals surface area contributed by atoms with Crippen LogP contribution in [0.3, 0.4) is 0 Å². The summed E-state index contributed by atoms with van der Waals surface area (Å²) in [5.41, 5.74) is -0.264. The third-order valence-electron chi connectivity index (χ3n) is 3.38. The van der Waals surface area contributed by atoms with Gasteiger partial charge in [0.25, 0.3) is 5.91 Å². The normalized spacial score (nSPS) is 19.1. The van der Waals surface area contributed by atoms with E-state index in [0.29, 0.717) is 5.56 Å². The molecule has 1 saturated heterocycles. The lowest BCUT2D eigenvalue weighted by atomic mass is 10.1. The molecule has 1 heterocycles. The molecule has 8 nitrogen and oxygen atoms in total. The Morgan fingerprint density at radius 3 is 2.38 bits per heavy atom. The highest BCUT2D eigenvalue weighted by Crippen LogP contribution is 2.11. The van der Waals surface area contributed by atoms with Crippen LogP contribution in [0.25, 0.3) is 0 Å². The van der Waals surface area contributed by atoms with Crippen molar-refractivity contribution in [3.8, 4) is 0 Å². The fourth-order valence-electron chi connectivity index (χ4n) is 2.22. The molecule has 1 aliphatic rings. The predicted octanol–water partition coefficient (Wildman–Crippen LogP) is 0.558. The van der Waals surface area contributed by atoms with Crippen LogP contribution in [0.2, 0.25) is 0 Å². The van der Waals surface area contributed by atoms with Gasteiger partial charge in [-0.15, -0.1) is 0 Å². The van der Waals surface area contributed by atoms with E-state index in [1.807, 2.05) is 0 Å². The van der Waals surface area contributed by atoms with Gasteiger partial charge in [-0.05, 0) is 32.9 Å². The van der Waals surface area contributed by atoms with E-state index in [1.54, 1.807) is 51.1 Å². The highest BCUT2D eigenvalue weighted by Gasteiger charge is 2.41. The van der Waals surface area contributed by atoms with Gasteiger partial charge in [0.2, 0.25) is 5.91 Å². The fourth-order valence-corrected chi connectivity index (χ4v) is 2.22. The van der Waals surface area contributed by atoms with Gasteiger partial charge in [0.1, 0.15) is 18.6 Å². The first kappa shape index (κ1) is 19.6. The highest BCUT2D eigenvalue weighted by molar-refractivity contribution is 6.00. The topological polar surface area (TPSA) is 111 Å². The average Bonchev–Trinajstić information content (AvgIpc) is 2.55. The molecule has 0 spiro atoms. The van der Waals surface area contributed by atoms with Crippen LogP contribution >= 0.6 is 0 Å². The molecule has 1 aliphatic heterocycles. The largest absolute Gasteiger partial charge is 0.460 e. The molecule has 26 heavy (non-hydrogen) atoms. The first-order valence-corrected chi connectivity index (χ1v) is 8.17. The molecule has 2 rings (SSSR count). The second kappa shape index (κ2) is 8.09. The molecule has 1 aromatic carbocycles. The van der Waals surface area contributed by atoms with Crippen molar-refractivity contribution in [1.29, 1.82) is 0 Å². The summed E-state index contributed by atoms with van der Waals surface area (Å²) < 4.78 is 10.3. The Bertz CT molecular complexity index is 695. The Labute approximate surface area is 151 Å². The molecule has 2 N–H and O–H groups in total. The van der Waals surface area contributed by atoms with Crippen LogP contribution in [0.4, 0.5) is 0 Å². The Kier molecular flexibility index (Phi) is 6.10. The van der Waals surface area contributed by atoms with E-state index < -0.39 is 47.9 Å². The average molecular weight is 362 g/mol. The van der Waals surface area contributed by atoms with Gasteiger partial charge in [0, 0.05) is 5.56 Å². The van der Waals surface area contributed by atoms with Crippen LogP contribution in [-0.4, -0.2) is 48.0 Å². The summed E-state index contributed by atoms with van der Waals surface area (Å²) in [4.78, 5) is 47.1. The zero-order valence-electron chi connectivity index (χ0n) is 14.9. The highest BCUT2D eigenvalue weighted by atomic mass is 16.6. The monoisotopic (exact) mass is 362 g/mol. The molecule has 0 saturated carbocycles. The number of hydrogen-bond donors (Lipinski definition) is 2. The van der Waals surface area contributed by atoms with Crippen molar-refractivity contribution in [2.24, 2.45) is 0 Å². The summed E-state index contributed by atoms with van der Waals surface area (Å²) in [7, 11) is 0. The van der Waals surface area contributed by atoms with Gasteiger partial charge in [0.15, 0.2) is 18.1 Å². The zero-order valence-corrected chi connectivity index (χ0v) is 14.9. The van der Waals surface area contributed by atoms with E-state index in [0.717, 1.165) is 0 Å². The van der Waals surface area contributed by atoms with Crippen molar-refractivity contribution < 1.29 is 28.7 Å². The number of hydrogen-bond acceptors (Lipinski definition) is 6. The van der Waals surface area contributed by atoms with Gasteiger partial charge >= 0.3 is 5.97 Å². The van der Waals surface area contributed by atoms with Crippen LogP contribution in [0.15, 0.2) is 30.3 Å². The lowest BCUT2D eigenvalue weighted by Crippen LogP contribution is -2.70. The molecular formula is C18H22N2O6. The van der Waals surface area contributed by atoms with Crippen molar-refractivity contribution in [1.82, 2.24) is 10.6 Å². The SMILES string of the molecule is CC(C)(C)OC(=O)CC(=O)CO[C@H]1NC(=O)[C@@H]1NC(=O)c1ccccc1. The second-order valence-corrected chi connectivity index (χ2v) is 6.86. The Morgan fingerprint density at radius 1 is 1.15 bits per heavy atom. The molecule has 0 radical (unpaired) electrons. The Balaban J connectivity index is 1.79. The minimum Gasteiger partial charge on any atom is -0.460 e. The summed E-state index contributed by atoms with van der Waals surface area (Å²) in [5.74, 6) is -1.94. The molecule has 0 unspecified atom stereocenters. The quantitative estimate of drug-likeness (QED) is 0.416. The maximum atomic E-state index is 12.1. The number of carbonyl (C=O) groups is 4. The van der Waals surface area contributed by atoms with Crippen LogP contribution in [0, 0.1) is 0 Å². The third kappa shape index (κ3) is 5.66. The summed E-state index contributed by atoms with van der Waals surface area (Å²) in [6.45, 7) is 4.74. The molecule has 2 atom stereocenters. The van der Waals surface area contributed by atoms with E-state index in [4.69, 9.17) is 9.47 Å². The molecule has 0 aromatic heterocycles. The number of nitrogens with one attached hydrogen (secondary N) is 2. The first-order chi connectivity index (χ1) is 12.2. The number of amides is 2. The van der Waals surface area contributed by atoms with Crippen LogP contribution in [0.1, 0.15) is 37.6 Å². The van der Waals surface area contributed by atoms with Gasteiger partial charge in [-0.1, -0.05) is 18.2 Å². The molecule has 0 bridgehead atoms. The zero-order chi connectivity index (χ0) is 19.3. The van der Waals surface area contributed by atoms with E-state index in [2.05, 4.69) is 10.6 Å². The number of benzene rings is 1. The molecule has 140 valence electrons. The van der Waals surface area contributed by atoms with Crippen molar-refractivity contribution in [3.63, 3.8) is 0 Å². The number of esters is 1. The van der Waals surface area contributed by atoms with Crippen molar-refractivity contribution >= 4 is 23.6 Å². The second-order valence-electron chi connectivity index (χ2n) is 6.86. The van der Waals surface area contributed by atoms with Gasteiger partial charge in [0.05, 0.1) is 0 Å². The molecule has 0 aliphatic carbocycles. The lowest BCUT2D eigenvalue weighted by Gasteiger charge is -2.36. The standard InChI is InChI=1S/C18H22N2O6/c1-18(2,3)26-13(22)9-12(21)10-25-17-14(16(24)20-17)19-15(23)11-7-5-4-6-8-11/h4-8,14,17H,9-10H2,1-3H3,(H,19,23)(H,20,24)/t14-,17+/m0/s1. The van der Waals surface area contributed by atoms with Crippen LogP contribution < -0.4 is 10.6 Å². The van der Waals surface area contributed by atoms with Crippen molar-refractivity contribution in [2.75, 3.05) is 6.61 Å². The van der Waals surface area contributed by atoms with Gasteiger partial charge in [-0.25, -0.2) is 0 Å². The number of β-lactam (4-membered cyclic amide) rings is 1. The number of carbonyl (C=O) groups excluding carboxylic acids is 4. The number of rotatable bonds is 7. The van der Waals surface area contributed by atoms with Crippen molar-refractivity contribution in [2.45, 2.75) is 45.1 Å². The van der Waals surface area contributed by atoms with Gasteiger partial charge < -0.3 is 20.1 Å². The van der Waals surface area contributed by atoms with E-state index in [1.165, 1.54) is 0 Å². The summed E-state index contributed by atoms with van der Waals surface area (Å²) in [5, 5.41) is 5.00. The maximum Gasteiger partial charge on any atom is 0.313 e. The predicted molar refractivity (Wildman–Crippen MR) is 91.0 cm³/mol. The number of Topliss-reactive ketones (excluding diaryl/α,β-unsaturated/α-hetero) is 1. The maximum absolute atomic E-state index is 12.1. The lowest BCUT2D eigenvalue weighted by molar-refractivity contribution is -0.159. The summed E-state index contributed by atoms with van der Waals surface area (Å²) in [6, 6.07) is 7.53. The molecule has 8 heteroatoms. The summed E-state index contributed by atoms with van der Waals surface area (Å²) >= 11 is 0. The first-order valence-electron chi connectivity index (χ1n) is 8.17. The Morgan fingerprint density at radius 2 is 1.81 bits per heavy atom. The van der Waals surface area contributed by atoms with E-state index >= 15 is 0 Å². The number of ether oxygens (including phenoxy) is 2.